The third-order valence-corrected chi connectivity index (χ3v) is 8.26. The molecule has 112 valence electrons. The average molecular weight is 339 g/mol. The highest BCUT2D eigenvalue weighted by molar-refractivity contribution is 7.95. The van der Waals surface area contributed by atoms with Crippen molar-refractivity contribution in [2.45, 2.75) is 40.0 Å². The minimum Gasteiger partial charge on any atom is -0.349 e. The summed E-state index contributed by atoms with van der Waals surface area (Å²) in [4.78, 5) is 11.2. The summed E-state index contributed by atoms with van der Waals surface area (Å²) in [5.41, 5.74) is 0.218. The SMILES string of the molecule is CC(=O)NC1CC(C)S(=O)(=O)c2sc(S(=O)(=O)O)cc21. The van der Waals surface area contributed by atoms with Crippen molar-refractivity contribution in [1.82, 2.24) is 5.32 Å². The Labute approximate surface area is 120 Å². The van der Waals surface area contributed by atoms with Gasteiger partial charge in [0.05, 0.1) is 11.3 Å². The Morgan fingerprint density at radius 2 is 2.10 bits per heavy atom. The molecule has 2 heterocycles. The standard InChI is InChI=1S/C10H13NO6S3/c1-5-3-8(11-6(2)12)7-4-9(20(15,16)17)18-10(7)19(5,13)14/h4-5,8H,3H2,1-2H3,(H,11,12)(H,15,16,17). The van der Waals surface area contributed by atoms with E-state index in [0.29, 0.717) is 11.3 Å². The topological polar surface area (TPSA) is 118 Å². The van der Waals surface area contributed by atoms with Crippen LogP contribution in [0.15, 0.2) is 14.5 Å². The third-order valence-electron chi connectivity index (χ3n) is 3.07. The highest BCUT2D eigenvalue weighted by atomic mass is 32.3. The van der Waals surface area contributed by atoms with E-state index in [1.165, 1.54) is 13.8 Å². The molecule has 7 nitrogen and oxygen atoms in total. The van der Waals surface area contributed by atoms with Crippen molar-refractivity contribution in [3.8, 4) is 0 Å². The Morgan fingerprint density at radius 1 is 1.50 bits per heavy atom. The first kappa shape index (κ1) is 15.4. The van der Waals surface area contributed by atoms with Crippen molar-refractivity contribution in [2.24, 2.45) is 0 Å². The smallest absolute Gasteiger partial charge is 0.304 e. The Bertz CT molecular complexity index is 761. The number of hydrogen-bond acceptors (Lipinski definition) is 6. The minimum absolute atomic E-state index is 0.109. The fourth-order valence-electron chi connectivity index (χ4n) is 2.11. The maximum absolute atomic E-state index is 12.2. The Balaban J connectivity index is 2.64. The molecule has 2 N–H and O–H groups in total. The maximum atomic E-state index is 12.2. The van der Waals surface area contributed by atoms with Crippen LogP contribution in [-0.4, -0.2) is 32.5 Å². The highest BCUT2D eigenvalue weighted by Gasteiger charge is 2.39. The van der Waals surface area contributed by atoms with E-state index >= 15 is 0 Å². The van der Waals surface area contributed by atoms with E-state index in [9.17, 15) is 21.6 Å². The molecular weight excluding hydrogens is 326 g/mol. The summed E-state index contributed by atoms with van der Waals surface area (Å²) in [6, 6.07) is 0.534. The molecule has 0 aliphatic carbocycles. The summed E-state index contributed by atoms with van der Waals surface area (Å²) in [5.74, 6) is -0.341. The quantitative estimate of drug-likeness (QED) is 0.767. The number of nitrogens with one attached hydrogen (secondary N) is 1. The Hall–Kier alpha value is -0.970. The van der Waals surface area contributed by atoms with Gasteiger partial charge in [0.2, 0.25) is 5.91 Å². The summed E-state index contributed by atoms with van der Waals surface area (Å²) >= 11 is 0.507. The lowest BCUT2D eigenvalue weighted by Gasteiger charge is -2.27. The molecule has 0 spiro atoms. The molecule has 1 aromatic rings. The van der Waals surface area contributed by atoms with E-state index in [2.05, 4.69) is 5.32 Å². The van der Waals surface area contributed by atoms with E-state index in [0.717, 1.165) is 6.07 Å². The zero-order valence-corrected chi connectivity index (χ0v) is 13.1. The number of hydrogen-bond donors (Lipinski definition) is 2. The van der Waals surface area contributed by atoms with Crippen LogP contribution in [0.3, 0.4) is 0 Å². The van der Waals surface area contributed by atoms with Gasteiger partial charge in [0.1, 0.15) is 8.42 Å². The summed E-state index contributed by atoms with van der Waals surface area (Å²) < 4.78 is 55.2. The minimum atomic E-state index is -4.48. The van der Waals surface area contributed by atoms with Crippen molar-refractivity contribution in [1.29, 1.82) is 0 Å². The van der Waals surface area contributed by atoms with E-state index in [-0.39, 0.29) is 22.1 Å². The molecule has 1 aliphatic heterocycles. The lowest BCUT2D eigenvalue weighted by Crippen LogP contribution is -2.35. The average Bonchev–Trinajstić information content (AvgIpc) is 2.70. The number of sulfone groups is 1. The van der Waals surface area contributed by atoms with Crippen LogP contribution in [-0.2, 0) is 24.7 Å². The monoisotopic (exact) mass is 339 g/mol. The van der Waals surface area contributed by atoms with Crippen LogP contribution in [0.5, 0.6) is 0 Å². The largest absolute Gasteiger partial charge is 0.349 e. The van der Waals surface area contributed by atoms with Crippen molar-refractivity contribution in [3.05, 3.63) is 11.6 Å². The van der Waals surface area contributed by atoms with Crippen LogP contribution >= 0.6 is 11.3 Å². The fraction of sp³-hybridized carbons (Fsp3) is 0.500. The van der Waals surface area contributed by atoms with Crippen LogP contribution in [0.2, 0.25) is 0 Å². The number of rotatable bonds is 2. The molecule has 0 aromatic carbocycles. The van der Waals surface area contributed by atoms with Gasteiger partial charge in [0.25, 0.3) is 0 Å². The van der Waals surface area contributed by atoms with Crippen molar-refractivity contribution >= 4 is 37.2 Å². The highest BCUT2D eigenvalue weighted by Crippen LogP contribution is 2.42. The Morgan fingerprint density at radius 3 is 2.60 bits per heavy atom. The molecule has 0 saturated carbocycles. The van der Waals surface area contributed by atoms with E-state index in [1.807, 2.05) is 0 Å². The molecule has 1 aromatic heterocycles. The van der Waals surface area contributed by atoms with Gasteiger partial charge in [-0.2, -0.15) is 8.42 Å². The Kier molecular flexibility index (Phi) is 3.70. The first-order valence-electron chi connectivity index (χ1n) is 5.65. The molecule has 20 heavy (non-hydrogen) atoms. The number of amides is 1. The molecule has 2 unspecified atom stereocenters. The normalized spacial score (nSPS) is 24.9. The molecule has 1 amide bonds. The second-order valence-corrected chi connectivity index (χ2v) is 9.89. The van der Waals surface area contributed by atoms with Crippen LogP contribution in [0.4, 0.5) is 0 Å². The molecule has 0 bridgehead atoms. The van der Waals surface area contributed by atoms with E-state index in [1.54, 1.807) is 0 Å². The summed E-state index contributed by atoms with van der Waals surface area (Å²) in [7, 11) is -8.11. The zero-order valence-electron chi connectivity index (χ0n) is 10.7. The molecule has 2 rings (SSSR count). The summed E-state index contributed by atoms with van der Waals surface area (Å²) in [6.45, 7) is 2.80. The van der Waals surface area contributed by atoms with Gasteiger partial charge < -0.3 is 5.32 Å². The molecule has 10 heteroatoms. The van der Waals surface area contributed by atoms with Crippen LogP contribution < -0.4 is 5.32 Å². The molecule has 0 radical (unpaired) electrons. The molecular formula is C10H13NO6S3. The first-order valence-corrected chi connectivity index (χ1v) is 9.46. The zero-order chi connectivity index (χ0) is 15.3. The van der Waals surface area contributed by atoms with Crippen LogP contribution in [0, 0.1) is 0 Å². The second kappa shape index (κ2) is 4.79. The van der Waals surface area contributed by atoms with Gasteiger partial charge in [-0.15, -0.1) is 11.3 Å². The van der Waals surface area contributed by atoms with Crippen molar-refractivity contribution in [3.63, 3.8) is 0 Å². The fourth-order valence-corrected chi connectivity index (χ4v) is 6.47. The number of fused-ring (bicyclic) bond motifs is 1. The van der Waals surface area contributed by atoms with Gasteiger partial charge in [-0.25, -0.2) is 8.42 Å². The molecule has 2 atom stereocenters. The maximum Gasteiger partial charge on any atom is 0.304 e. The number of carbonyl (C=O) groups is 1. The number of carbonyl (C=O) groups excluding carboxylic acids is 1. The molecule has 0 saturated heterocycles. The van der Waals surface area contributed by atoms with Gasteiger partial charge in [0, 0.05) is 12.5 Å². The van der Waals surface area contributed by atoms with E-state index < -0.39 is 35.5 Å². The molecule has 0 fully saturated rings. The summed E-state index contributed by atoms with van der Waals surface area (Å²) in [5, 5.41) is 1.86. The summed E-state index contributed by atoms with van der Waals surface area (Å²) in [6.07, 6.45) is 0.163. The molecule has 1 aliphatic rings. The second-order valence-electron chi connectivity index (χ2n) is 4.63. The van der Waals surface area contributed by atoms with Gasteiger partial charge >= 0.3 is 10.1 Å². The predicted octanol–water partition coefficient (Wildman–Crippen LogP) is 0.738. The lowest BCUT2D eigenvalue weighted by molar-refractivity contribution is -0.119. The number of thiophene rings is 1. The first-order chi connectivity index (χ1) is 9.03. The van der Waals surface area contributed by atoms with Gasteiger partial charge in [-0.3, -0.25) is 9.35 Å². The predicted molar refractivity (Wildman–Crippen MR) is 72.0 cm³/mol. The van der Waals surface area contributed by atoms with Gasteiger partial charge in [0.15, 0.2) is 9.84 Å². The van der Waals surface area contributed by atoms with E-state index in [4.69, 9.17) is 4.55 Å². The van der Waals surface area contributed by atoms with Gasteiger partial charge in [-0.05, 0) is 19.4 Å². The lowest BCUT2D eigenvalue weighted by atomic mass is 10.1. The van der Waals surface area contributed by atoms with Crippen molar-refractivity contribution < 1.29 is 26.2 Å². The third kappa shape index (κ3) is 2.60. The van der Waals surface area contributed by atoms with Crippen LogP contribution in [0.1, 0.15) is 31.9 Å². The van der Waals surface area contributed by atoms with Crippen molar-refractivity contribution in [2.75, 3.05) is 0 Å². The van der Waals surface area contributed by atoms with Crippen LogP contribution in [0.25, 0.3) is 0 Å². The van der Waals surface area contributed by atoms with Gasteiger partial charge in [-0.1, -0.05) is 0 Å².